The van der Waals surface area contributed by atoms with Crippen molar-refractivity contribution in [2.45, 2.75) is 44.9 Å². The van der Waals surface area contributed by atoms with Crippen molar-refractivity contribution in [3.8, 4) is 5.69 Å². The number of rotatable bonds is 8. The summed E-state index contributed by atoms with van der Waals surface area (Å²) in [5.41, 5.74) is 6.09. The van der Waals surface area contributed by atoms with Crippen LogP contribution in [0.25, 0.3) is 16.7 Å². The topological polar surface area (TPSA) is 46.5 Å². The largest absolute Gasteiger partial charge is 0.346 e. The van der Waals surface area contributed by atoms with Crippen LogP contribution in [0.15, 0.2) is 55.3 Å². The van der Waals surface area contributed by atoms with E-state index in [1.165, 1.54) is 31.2 Å². The summed E-state index contributed by atoms with van der Waals surface area (Å²) in [4.78, 5) is 7.48. The Balaban J connectivity index is 1.82. The molecule has 3 aromatic rings. The molecule has 0 fully saturated rings. The van der Waals surface area contributed by atoms with Crippen molar-refractivity contribution in [1.82, 2.24) is 19.7 Å². The summed E-state index contributed by atoms with van der Waals surface area (Å²) in [5.74, 6) is 0.330. The van der Waals surface area contributed by atoms with Crippen molar-refractivity contribution in [1.29, 1.82) is 0 Å². The van der Waals surface area contributed by atoms with E-state index in [2.05, 4.69) is 46.6 Å². The highest BCUT2D eigenvalue weighted by molar-refractivity contribution is 5.84. The van der Waals surface area contributed by atoms with Gasteiger partial charge in [0.25, 0.3) is 0 Å². The van der Waals surface area contributed by atoms with E-state index >= 15 is 0 Å². The number of aromatic nitrogens is 4. The summed E-state index contributed by atoms with van der Waals surface area (Å²) in [5, 5.41) is 5.65. The molecule has 0 bridgehead atoms. The lowest BCUT2D eigenvalue weighted by Crippen LogP contribution is -1.97. The van der Waals surface area contributed by atoms with E-state index in [1.54, 1.807) is 6.20 Å². The van der Waals surface area contributed by atoms with Crippen LogP contribution in [0.4, 0.5) is 0 Å². The average Bonchev–Trinajstić information content (AvgIpc) is 3.26. The SMILES string of the molecule is C=C=CC(CCCCCC)c1cnn(-c2ccnc3[nH]ccc23)c1. The predicted octanol–water partition coefficient (Wildman–Crippen LogP) is 5.14. The maximum Gasteiger partial charge on any atom is 0.139 e. The van der Waals surface area contributed by atoms with Crippen molar-refractivity contribution >= 4 is 11.0 Å². The Morgan fingerprint density at radius 3 is 3.08 bits per heavy atom. The van der Waals surface area contributed by atoms with Crippen LogP contribution >= 0.6 is 0 Å². The van der Waals surface area contributed by atoms with Gasteiger partial charge in [-0.1, -0.05) is 39.2 Å². The van der Waals surface area contributed by atoms with Crippen LogP contribution in [0.5, 0.6) is 0 Å². The number of aromatic amines is 1. The number of allylic oxidation sites excluding steroid dienone is 1. The third-order valence-corrected chi connectivity index (χ3v) is 4.40. The second-order valence-corrected chi connectivity index (χ2v) is 6.11. The van der Waals surface area contributed by atoms with Crippen molar-refractivity contribution in [2.24, 2.45) is 0 Å². The molecule has 0 spiro atoms. The molecule has 0 aliphatic carbocycles. The third kappa shape index (κ3) is 3.50. The fourth-order valence-corrected chi connectivity index (χ4v) is 3.09. The molecule has 0 aromatic carbocycles. The molecule has 0 saturated heterocycles. The predicted molar refractivity (Wildman–Crippen MR) is 98.4 cm³/mol. The van der Waals surface area contributed by atoms with E-state index in [4.69, 9.17) is 0 Å². The van der Waals surface area contributed by atoms with Crippen molar-refractivity contribution in [3.05, 3.63) is 60.9 Å². The summed E-state index contributed by atoms with van der Waals surface area (Å²) >= 11 is 0. The van der Waals surface area contributed by atoms with Crippen LogP contribution in [-0.2, 0) is 0 Å². The summed E-state index contributed by atoms with van der Waals surface area (Å²) in [6.07, 6.45) is 16.0. The molecule has 1 atom stereocenters. The van der Waals surface area contributed by atoms with Gasteiger partial charge in [0.15, 0.2) is 0 Å². The molecular formula is C20H24N4. The molecular weight excluding hydrogens is 296 g/mol. The van der Waals surface area contributed by atoms with Crippen LogP contribution in [0.3, 0.4) is 0 Å². The Labute approximate surface area is 142 Å². The van der Waals surface area contributed by atoms with E-state index in [0.717, 1.165) is 23.1 Å². The summed E-state index contributed by atoms with van der Waals surface area (Å²) < 4.78 is 1.93. The lowest BCUT2D eigenvalue weighted by Gasteiger charge is -2.09. The van der Waals surface area contributed by atoms with Gasteiger partial charge in [-0.25, -0.2) is 9.67 Å². The number of unbranched alkanes of at least 4 members (excludes halogenated alkanes) is 3. The zero-order valence-electron chi connectivity index (χ0n) is 14.2. The fourth-order valence-electron chi connectivity index (χ4n) is 3.09. The lowest BCUT2D eigenvalue weighted by molar-refractivity contribution is 0.604. The zero-order valence-corrected chi connectivity index (χ0v) is 14.2. The number of nitrogens with zero attached hydrogens (tertiary/aromatic N) is 3. The first-order chi connectivity index (χ1) is 11.8. The van der Waals surface area contributed by atoms with Crippen LogP contribution in [0, 0.1) is 0 Å². The molecule has 0 amide bonds. The number of fused-ring (bicyclic) bond motifs is 1. The Morgan fingerprint density at radius 1 is 1.33 bits per heavy atom. The third-order valence-electron chi connectivity index (χ3n) is 4.40. The molecule has 0 aliphatic heterocycles. The number of hydrogen-bond donors (Lipinski definition) is 1. The van der Waals surface area contributed by atoms with Gasteiger partial charge >= 0.3 is 0 Å². The quantitative estimate of drug-likeness (QED) is 0.461. The molecule has 0 radical (unpaired) electrons. The van der Waals surface area contributed by atoms with Gasteiger partial charge < -0.3 is 4.98 Å². The van der Waals surface area contributed by atoms with Gasteiger partial charge in [0.1, 0.15) is 5.65 Å². The molecule has 1 N–H and O–H groups in total. The van der Waals surface area contributed by atoms with Gasteiger partial charge in [0, 0.05) is 29.9 Å². The molecule has 0 aliphatic rings. The highest BCUT2D eigenvalue weighted by Crippen LogP contribution is 2.26. The molecule has 4 nitrogen and oxygen atoms in total. The Morgan fingerprint density at radius 2 is 2.25 bits per heavy atom. The number of pyridine rings is 1. The second-order valence-electron chi connectivity index (χ2n) is 6.11. The normalized spacial score (nSPS) is 12.2. The van der Waals surface area contributed by atoms with Gasteiger partial charge in [0.2, 0.25) is 0 Å². The fraction of sp³-hybridized carbons (Fsp3) is 0.350. The monoisotopic (exact) mass is 320 g/mol. The van der Waals surface area contributed by atoms with Gasteiger partial charge in [-0.15, -0.1) is 5.73 Å². The number of nitrogens with one attached hydrogen (secondary N) is 1. The van der Waals surface area contributed by atoms with Crippen LogP contribution in [0.1, 0.15) is 50.5 Å². The smallest absolute Gasteiger partial charge is 0.139 e. The maximum atomic E-state index is 4.57. The minimum atomic E-state index is 0.330. The highest BCUT2D eigenvalue weighted by atomic mass is 15.3. The summed E-state index contributed by atoms with van der Waals surface area (Å²) in [7, 11) is 0. The Kier molecular flexibility index (Phi) is 5.29. The minimum absolute atomic E-state index is 0.330. The lowest BCUT2D eigenvalue weighted by atomic mass is 9.95. The van der Waals surface area contributed by atoms with Crippen LogP contribution in [0.2, 0.25) is 0 Å². The molecule has 3 aromatic heterocycles. The number of H-pyrrole nitrogens is 1. The molecule has 0 saturated carbocycles. The van der Waals surface area contributed by atoms with Crippen molar-refractivity contribution in [2.75, 3.05) is 0 Å². The van der Waals surface area contributed by atoms with E-state index in [1.807, 2.05) is 29.2 Å². The van der Waals surface area contributed by atoms with Crippen LogP contribution < -0.4 is 0 Å². The average molecular weight is 320 g/mol. The van der Waals surface area contributed by atoms with Gasteiger partial charge in [-0.3, -0.25) is 0 Å². The van der Waals surface area contributed by atoms with Gasteiger partial charge in [-0.2, -0.15) is 5.10 Å². The van der Waals surface area contributed by atoms with E-state index in [0.29, 0.717) is 5.92 Å². The number of hydrogen-bond acceptors (Lipinski definition) is 2. The second kappa shape index (κ2) is 7.80. The maximum absolute atomic E-state index is 4.57. The minimum Gasteiger partial charge on any atom is -0.346 e. The molecule has 3 heterocycles. The van der Waals surface area contributed by atoms with E-state index < -0.39 is 0 Å². The van der Waals surface area contributed by atoms with Crippen molar-refractivity contribution in [3.63, 3.8) is 0 Å². The Bertz CT molecular complexity index is 836. The molecule has 24 heavy (non-hydrogen) atoms. The molecule has 3 rings (SSSR count). The molecule has 124 valence electrons. The first-order valence-electron chi connectivity index (χ1n) is 8.66. The standard InChI is InChI=1S/C20H24N4/c1-3-5-6-7-9-16(8-4-2)17-14-23-24(15-17)19-11-13-22-20-18(19)10-12-21-20/h8,10-16H,2-3,5-7,9H2,1H3,(H,21,22). The Hall–Kier alpha value is -2.58. The van der Waals surface area contributed by atoms with Gasteiger partial charge in [-0.05, 0) is 30.2 Å². The summed E-state index contributed by atoms with van der Waals surface area (Å²) in [6, 6.07) is 4.03. The van der Waals surface area contributed by atoms with Gasteiger partial charge in [0.05, 0.1) is 11.9 Å². The molecule has 4 heteroatoms. The first kappa shape index (κ1) is 16.3. The highest BCUT2D eigenvalue weighted by Gasteiger charge is 2.12. The van der Waals surface area contributed by atoms with Crippen molar-refractivity contribution < 1.29 is 0 Å². The van der Waals surface area contributed by atoms with E-state index in [9.17, 15) is 0 Å². The van der Waals surface area contributed by atoms with E-state index in [-0.39, 0.29) is 0 Å². The summed E-state index contributed by atoms with van der Waals surface area (Å²) in [6.45, 7) is 5.99. The first-order valence-corrected chi connectivity index (χ1v) is 8.66. The zero-order chi connectivity index (χ0) is 16.8. The molecule has 1 unspecified atom stereocenters. The van der Waals surface area contributed by atoms with Crippen LogP contribution in [-0.4, -0.2) is 19.7 Å².